The monoisotopic (exact) mass is 261 g/mol. The highest BCUT2D eigenvalue weighted by molar-refractivity contribution is 5.11. The van der Waals surface area contributed by atoms with Crippen LogP contribution < -0.4 is 5.32 Å². The lowest BCUT2D eigenvalue weighted by atomic mass is 10.2. The number of nitrogens with one attached hydrogen (secondary N) is 1. The van der Waals surface area contributed by atoms with Crippen LogP contribution >= 0.6 is 0 Å². The minimum Gasteiger partial charge on any atom is -0.311 e. The van der Waals surface area contributed by atoms with Crippen LogP contribution in [0.1, 0.15) is 45.0 Å². The molecule has 0 bridgehead atoms. The van der Waals surface area contributed by atoms with Gasteiger partial charge in [0.05, 0.1) is 11.4 Å². The molecule has 1 aromatic heterocycles. The maximum absolute atomic E-state index is 4.76. The third kappa shape index (κ3) is 4.59. The van der Waals surface area contributed by atoms with Crippen molar-refractivity contribution in [2.45, 2.75) is 52.7 Å². The fourth-order valence-electron chi connectivity index (χ4n) is 2.64. The zero-order valence-corrected chi connectivity index (χ0v) is 12.5. The van der Waals surface area contributed by atoms with E-state index in [2.05, 4.69) is 49.2 Å². The number of nitrogens with zero attached hydrogens (tertiary/aromatic N) is 2. The summed E-state index contributed by atoms with van der Waals surface area (Å²) in [6.45, 7) is 10.9. The Morgan fingerprint density at radius 3 is 2.84 bits per heavy atom. The summed E-state index contributed by atoms with van der Waals surface area (Å²) in [5, 5.41) is 3.45. The number of hydrogen-bond acceptors (Lipinski definition) is 3. The third-order valence-electron chi connectivity index (χ3n) is 3.78. The summed E-state index contributed by atoms with van der Waals surface area (Å²) >= 11 is 0. The largest absolute Gasteiger partial charge is 0.311 e. The number of hydrogen-bond donors (Lipinski definition) is 1. The van der Waals surface area contributed by atoms with Gasteiger partial charge in [-0.1, -0.05) is 19.9 Å². The van der Waals surface area contributed by atoms with E-state index in [0.717, 1.165) is 25.3 Å². The Morgan fingerprint density at radius 2 is 2.16 bits per heavy atom. The molecule has 0 amide bonds. The molecule has 1 saturated heterocycles. The molecule has 1 aromatic rings. The molecule has 1 fully saturated rings. The molecule has 3 nitrogen and oxygen atoms in total. The lowest BCUT2D eigenvalue weighted by molar-refractivity contribution is 0.257. The van der Waals surface area contributed by atoms with Crippen molar-refractivity contribution in [2.24, 2.45) is 5.92 Å². The fourth-order valence-corrected chi connectivity index (χ4v) is 2.64. The normalized spacial score (nSPS) is 20.3. The van der Waals surface area contributed by atoms with Gasteiger partial charge in [0.1, 0.15) is 0 Å². The highest BCUT2D eigenvalue weighted by atomic mass is 15.2. The Kier molecular flexibility index (Phi) is 5.34. The zero-order chi connectivity index (χ0) is 13.7. The summed E-state index contributed by atoms with van der Waals surface area (Å²) in [6, 6.07) is 7.11. The predicted octanol–water partition coefficient (Wildman–Crippen LogP) is 2.81. The molecular formula is C16H27N3. The zero-order valence-electron chi connectivity index (χ0n) is 12.5. The van der Waals surface area contributed by atoms with Gasteiger partial charge in [0.25, 0.3) is 0 Å². The quantitative estimate of drug-likeness (QED) is 0.853. The van der Waals surface area contributed by atoms with Gasteiger partial charge in [0.15, 0.2) is 0 Å². The fraction of sp³-hybridized carbons (Fsp3) is 0.688. The average Bonchev–Trinajstić information content (AvgIpc) is 2.75. The maximum Gasteiger partial charge on any atom is 0.0547 e. The molecule has 106 valence electrons. The van der Waals surface area contributed by atoms with Crippen molar-refractivity contribution in [1.29, 1.82) is 0 Å². The second-order valence-corrected chi connectivity index (χ2v) is 6.11. The topological polar surface area (TPSA) is 28.2 Å². The average molecular weight is 261 g/mol. The summed E-state index contributed by atoms with van der Waals surface area (Å²) in [5.41, 5.74) is 2.36. The van der Waals surface area contributed by atoms with E-state index in [4.69, 9.17) is 4.98 Å². The predicted molar refractivity (Wildman–Crippen MR) is 79.9 cm³/mol. The number of likely N-dealkylation sites (tertiary alicyclic amines) is 1. The molecule has 0 aromatic carbocycles. The van der Waals surface area contributed by atoms with Crippen LogP contribution in [-0.2, 0) is 13.1 Å². The van der Waals surface area contributed by atoms with Gasteiger partial charge >= 0.3 is 0 Å². The lowest BCUT2D eigenvalue weighted by Crippen LogP contribution is -2.27. The van der Waals surface area contributed by atoms with Crippen LogP contribution in [0.4, 0.5) is 0 Å². The minimum absolute atomic E-state index is 0.689. The molecule has 1 unspecified atom stereocenters. The second-order valence-electron chi connectivity index (χ2n) is 6.11. The van der Waals surface area contributed by atoms with E-state index in [1.54, 1.807) is 0 Å². The van der Waals surface area contributed by atoms with E-state index in [1.807, 2.05) is 0 Å². The highest BCUT2D eigenvalue weighted by Gasteiger charge is 2.20. The van der Waals surface area contributed by atoms with Crippen LogP contribution in [0.25, 0.3) is 0 Å². The molecule has 1 aliphatic rings. The summed E-state index contributed by atoms with van der Waals surface area (Å²) in [7, 11) is 0. The van der Waals surface area contributed by atoms with Gasteiger partial charge in [-0.3, -0.25) is 9.88 Å². The van der Waals surface area contributed by atoms with Crippen LogP contribution in [0.2, 0.25) is 0 Å². The van der Waals surface area contributed by atoms with Crippen LogP contribution in [0.15, 0.2) is 18.2 Å². The van der Waals surface area contributed by atoms with Crippen LogP contribution in [0, 0.1) is 5.92 Å². The van der Waals surface area contributed by atoms with Crippen molar-refractivity contribution in [2.75, 3.05) is 13.1 Å². The molecule has 1 atom stereocenters. The molecule has 0 saturated carbocycles. The molecule has 19 heavy (non-hydrogen) atoms. The van der Waals surface area contributed by atoms with Crippen LogP contribution in [0.3, 0.4) is 0 Å². The second kappa shape index (κ2) is 7.01. The molecule has 1 N–H and O–H groups in total. The first-order chi connectivity index (χ1) is 9.15. The van der Waals surface area contributed by atoms with Gasteiger partial charge in [-0.15, -0.1) is 0 Å². The van der Waals surface area contributed by atoms with Crippen molar-refractivity contribution >= 4 is 0 Å². The first kappa shape index (κ1) is 14.5. The Morgan fingerprint density at radius 1 is 1.37 bits per heavy atom. The molecule has 3 heteroatoms. The van der Waals surface area contributed by atoms with E-state index < -0.39 is 0 Å². The van der Waals surface area contributed by atoms with Crippen molar-refractivity contribution < 1.29 is 0 Å². The Labute approximate surface area is 117 Å². The highest BCUT2D eigenvalue weighted by Crippen LogP contribution is 2.18. The third-order valence-corrected chi connectivity index (χ3v) is 3.78. The molecule has 2 heterocycles. The minimum atomic E-state index is 0.689. The van der Waals surface area contributed by atoms with Gasteiger partial charge in [0, 0.05) is 19.1 Å². The number of rotatable bonds is 6. The van der Waals surface area contributed by atoms with E-state index in [-0.39, 0.29) is 0 Å². The van der Waals surface area contributed by atoms with Gasteiger partial charge in [-0.2, -0.15) is 0 Å². The maximum atomic E-state index is 4.76. The van der Waals surface area contributed by atoms with Crippen LogP contribution in [-0.4, -0.2) is 29.0 Å². The standard InChI is InChI=1S/C16H27N3/c1-13(2)10-17-11-15-7-4-8-16(18-15)12-19-9-5-6-14(19)3/h4,7-8,13-14,17H,5-6,9-12H2,1-3H3. The Bertz CT molecular complexity index is 389. The van der Waals surface area contributed by atoms with Crippen molar-refractivity contribution in [3.8, 4) is 0 Å². The van der Waals surface area contributed by atoms with E-state index >= 15 is 0 Å². The number of aromatic nitrogens is 1. The first-order valence-corrected chi connectivity index (χ1v) is 7.54. The first-order valence-electron chi connectivity index (χ1n) is 7.54. The molecule has 1 aliphatic heterocycles. The van der Waals surface area contributed by atoms with Gasteiger partial charge in [-0.25, -0.2) is 0 Å². The summed E-state index contributed by atoms with van der Waals surface area (Å²) in [4.78, 5) is 7.30. The Balaban J connectivity index is 1.87. The van der Waals surface area contributed by atoms with Crippen molar-refractivity contribution in [3.63, 3.8) is 0 Å². The summed E-state index contributed by atoms with van der Waals surface area (Å²) in [6.07, 6.45) is 2.66. The Hall–Kier alpha value is -0.930. The summed E-state index contributed by atoms with van der Waals surface area (Å²) < 4.78 is 0. The smallest absolute Gasteiger partial charge is 0.0547 e. The SMILES string of the molecule is CC(C)CNCc1cccc(CN2CCCC2C)n1. The van der Waals surface area contributed by atoms with Crippen molar-refractivity contribution in [3.05, 3.63) is 29.6 Å². The lowest BCUT2D eigenvalue weighted by Gasteiger charge is -2.20. The van der Waals surface area contributed by atoms with Crippen molar-refractivity contribution in [1.82, 2.24) is 15.2 Å². The van der Waals surface area contributed by atoms with Gasteiger partial charge < -0.3 is 5.32 Å². The molecule has 0 spiro atoms. The molecule has 0 radical (unpaired) electrons. The van der Waals surface area contributed by atoms with E-state index in [1.165, 1.54) is 25.1 Å². The molecular weight excluding hydrogens is 234 g/mol. The van der Waals surface area contributed by atoms with Crippen LogP contribution in [0.5, 0.6) is 0 Å². The molecule has 2 rings (SSSR count). The summed E-state index contributed by atoms with van der Waals surface area (Å²) in [5.74, 6) is 0.689. The molecule has 0 aliphatic carbocycles. The van der Waals surface area contributed by atoms with E-state index in [9.17, 15) is 0 Å². The van der Waals surface area contributed by atoms with Gasteiger partial charge in [-0.05, 0) is 50.9 Å². The number of pyridine rings is 1. The van der Waals surface area contributed by atoms with E-state index in [0.29, 0.717) is 12.0 Å². The van der Waals surface area contributed by atoms with Gasteiger partial charge in [0.2, 0.25) is 0 Å².